The molecule has 102 valence electrons. The summed E-state index contributed by atoms with van der Waals surface area (Å²) < 4.78 is 11.0. The van der Waals surface area contributed by atoms with Crippen LogP contribution >= 0.6 is 0 Å². The Balaban J connectivity index is 2.73. The maximum atomic E-state index is 10.4. The quantitative estimate of drug-likeness (QED) is 0.811. The van der Waals surface area contributed by atoms with E-state index in [1.54, 1.807) is 7.11 Å². The van der Waals surface area contributed by atoms with Gasteiger partial charge in [-0.05, 0) is 18.4 Å². The van der Waals surface area contributed by atoms with Crippen molar-refractivity contribution in [2.45, 2.75) is 39.1 Å². The lowest BCUT2D eigenvalue weighted by Gasteiger charge is -2.29. The topological polar surface area (TPSA) is 38.7 Å². The molecule has 1 aromatic carbocycles. The molecule has 0 saturated carbocycles. The average Bonchev–Trinajstić information content (AvgIpc) is 2.36. The summed E-state index contributed by atoms with van der Waals surface area (Å²) in [6, 6.07) is 9.63. The van der Waals surface area contributed by atoms with Gasteiger partial charge in [0.15, 0.2) is 0 Å². The van der Waals surface area contributed by atoms with Gasteiger partial charge in [0, 0.05) is 7.11 Å². The molecule has 3 heteroatoms. The number of rotatable bonds is 7. The molecule has 0 amide bonds. The zero-order valence-corrected chi connectivity index (χ0v) is 11.7. The zero-order valence-electron chi connectivity index (χ0n) is 11.7. The second kappa shape index (κ2) is 7.52. The Kier molecular flexibility index (Phi) is 6.33. The molecule has 1 aromatic rings. The summed E-state index contributed by atoms with van der Waals surface area (Å²) in [7, 11) is 1.65. The molecule has 0 aromatic heterocycles. The molecule has 18 heavy (non-hydrogen) atoms. The minimum Gasteiger partial charge on any atom is -0.386 e. The van der Waals surface area contributed by atoms with Crippen LogP contribution in [0.1, 0.15) is 32.4 Å². The number of ether oxygens (including phenoxy) is 2. The fourth-order valence-electron chi connectivity index (χ4n) is 1.98. The second-order valence-electron chi connectivity index (χ2n) is 4.97. The largest absolute Gasteiger partial charge is 0.386 e. The highest BCUT2D eigenvalue weighted by Gasteiger charge is 2.26. The molecule has 1 rings (SSSR count). The van der Waals surface area contributed by atoms with Gasteiger partial charge in [0.2, 0.25) is 0 Å². The first-order chi connectivity index (χ1) is 8.56. The Bertz CT molecular complexity index is 324. The molecule has 0 aliphatic rings. The van der Waals surface area contributed by atoms with E-state index in [0.717, 1.165) is 5.56 Å². The number of hydrogen-bond donors (Lipinski definition) is 1. The molecule has 1 N–H and O–H groups in total. The Morgan fingerprint density at radius 3 is 2.22 bits per heavy atom. The molecule has 0 radical (unpaired) electrons. The molecule has 0 bridgehead atoms. The number of methoxy groups -OCH3 is 1. The van der Waals surface area contributed by atoms with Gasteiger partial charge in [-0.15, -0.1) is 0 Å². The van der Waals surface area contributed by atoms with Crippen LogP contribution in [0.3, 0.4) is 0 Å². The van der Waals surface area contributed by atoms with Gasteiger partial charge in [-0.2, -0.15) is 0 Å². The molecular weight excluding hydrogens is 228 g/mol. The molecular formula is C15H24O3. The summed E-state index contributed by atoms with van der Waals surface area (Å²) >= 11 is 0. The van der Waals surface area contributed by atoms with Gasteiger partial charge in [0.05, 0.1) is 18.8 Å². The average molecular weight is 252 g/mol. The lowest BCUT2D eigenvalue weighted by atomic mass is 9.96. The highest BCUT2D eigenvalue weighted by Crippen LogP contribution is 2.25. The molecule has 3 nitrogen and oxygen atoms in total. The van der Waals surface area contributed by atoms with Crippen LogP contribution in [0, 0.1) is 5.92 Å². The van der Waals surface area contributed by atoms with Crippen molar-refractivity contribution in [2.24, 2.45) is 5.92 Å². The normalized spacial score (nSPS) is 16.6. The van der Waals surface area contributed by atoms with Crippen LogP contribution in [0.2, 0.25) is 0 Å². The van der Waals surface area contributed by atoms with Gasteiger partial charge in [0.25, 0.3) is 0 Å². The second-order valence-corrected chi connectivity index (χ2v) is 4.97. The Hall–Kier alpha value is -0.900. The minimum absolute atomic E-state index is 0.0271. The zero-order chi connectivity index (χ0) is 13.5. The van der Waals surface area contributed by atoms with Crippen molar-refractivity contribution in [1.82, 2.24) is 0 Å². The van der Waals surface area contributed by atoms with Gasteiger partial charge in [-0.25, -0.2) is 0 Å². The predicted octanol–water partition coefficient (Wildman–Crippen LogP) is 2.80. The van der Waals surface area contributed by atoms with Crippen molar-refractivity contribution in [1.29, 1.82) is 0 Å². The summed E-state index contributed by atoms with van der Waals surface area (Å²) in [6.45, 7) is 6.59. The maximum absolute atomic E-state index is 10.4. The fraction of sp³-hybridized carbons (Fsp3) is 0.600. The van der Waals surface area contributed by atoms with Gasteiger partial charge < -0.3 is 14.6 Å². The Morgan fingerprint density at radius 1 is 1.11 bits per heavy atom. The summed E-state index contributed by atoms with van der Waals surface area (Å²) in [6.07, 6.45) is -0.858. The molecule has 0 aliphatic carbocycles. The standard InChI is InChI=1S/C15H24O3/c1-11(2)15(18-12(3)10-17-4)14(16)13-8-6-5-7-9-13/h5-9,11-12,14-16H,10H2,1-4H3. The van der Waals surface area contributed by atoms with Crippen molar-refractivity contribution < 1.29 is 14.6 Å². The van der Waals surface area contributed by atoms with E-state index in [9.17, 15) is 5.11 Å². The number of aliphatic hydroxyl groups excluding tert-OH is 1. The molecule has 3 unspecified atom stereocenters. The first kappa shape index (κ1) is 15.2. The van der Waals surface area contributed by atoms with Crippen molar-refractivity contribution in [3.8, 4) is 0 Å². The molecule has 3 atom stereocenters. The van der Waals surface area contributed by atoms with E-state index in [1.807, 2.05) is 37.3 Å². The third-order valence-corrected chi connectivity index (χ3v) is 2.90. The molecule has 0 spiro atoms. The summed E-state index contributed by atoms with van der Waals surface area (Å²) in [4.78, 5) is 0. The SMILES string of the molecule is COCC(C)OC(C(C)C)C(O)c1ccccc1. The summed E-state index contributed by atoms with van der Waals surface area (Å²) in [5.41, 5.74) is 0.890. The number of aliphatic hydroxyl groups is 1. The van der Waals surface area contributed by atoms with Crippen LogP contribution in [-0.4, -0.2) is 31.0 Å². The Labute approximate surface area is 110 Å². The molecule has 0 aliphatic heterocycles. The van der Waals surface area contributed by atoms with Gasteiger partial charge in [-0.3, -0.25) is 0 Å². The highest BCUT2D eigenvalue weighted by molar-refractivity contribution is 5.18. The van der Waals surface area contributed by atoms with Crippen molar-refractivity contribution in [3.63, 3.8) is 0 Å². The van der Waals surface area contributed by atoms with Crippen LogP contribution < -0.4 is 0 Å². The first-order valence-electron chi connectivity index (χ1n) is 6.43. The van der Waals surface area contributed by atoms with Gasteiger partial charge >= 0.3 is 0 Å². The lowest BCUT2D eigenvalue weighted by molar-refractivity contribution is -0.110. The summed E-state index contributed by atoms with van der Waals surface area (Å²) in [5.74, 6) is 0.236. The van der Waals surface area contributed by atoms with Gasteiger partial charge in [-0.1, -0.05) is 44.2 Å². The smallest absolute Gasteiger partial charge is 0.105 e. The van der Waals surface area contributed by atoms with Crippen LogP contribution in [0.4, 0.5) is 0 Å². The van der Waals surface area contributed by atoms with E-state index in [4.69, 9.17) is 9.47 Å². The minimum atomic E-state index is -0.606. The Morgan fingerprint density at radius 2 is 1.72 bits per heavy atom. The third-order valence-electron chi connectivity index (χ3n) is 2.90. The molecule has 0 saturated heterocycles. The van der Waals surface area contributed by atoms with Crippen LogP contribution in [0.5, 0.6) is 0 Å². The third kappa shape index (κ3) is 4.41. The van der Waals surface area contributed by atoms with E-state index in [-0.39, 0.29) is 18.1 Å². The van der Waals surface area contributed by atoms with Gasteiger partial charge in [0.1, 0.15) is 6.10 Å². The highest BCUT2D eigenvalue weighted by atomic mass is 16.5. The van der Waals surface area contributed by atoms with E-state index in [1.165, 1.54) is 0 Å². The summed E-state index contributed by atoms with van der Waals surface area (Å²) in [5, 5.41) is 10.4. The molecule has 0 fully saturated rings. The van der Waals surface area contributed by atoms with E-state index >= 15 is 0 Å². The van der Waals surface area contributed by atoms with Crippen molar-refractivity contribution >= 4 is 0 Å². The van der Waals surface area contributed by atoms with Crippen molar-refractivity contribution in [3.05, 3.63) is 35.9 Å². The van der Waals surface area contributed by atoms with E-state index < -0.39 is 6.10 Å². The predicted molar refractivity (Wildman–Crippen MR) is 72.5 cm³/mol. The molecule has 0 heterocycles. The fourth-order valence-corrected chi connectivity index (χ4v) is 1.98. The van der Waals surface area contributed by atoms with E-state index in [2.05, 4.69) is 13.8 Å². The van der Waals surface area contributed by atoms with Crippen LogP contribution in [-0.2, 0) is 9.47 Å². The van der Waals surface area contributed by atoms with Crippen LogP contribution in [0.15, 0.2) is 30.3 Å². The first-order valence-corrected chi connectivity index (χ1v) is 6.43. The monoisotopic (exact) mass is 252 g/mol. The lowest BCUT2D eigenvalue weighted by Crippen LogP contribution is -2.32. The van der Waals surface area contributed by atoms with E-state index in [0.29, 0.717) is 6.61 Å². The number of hydrogen-bond acceptors (Lipinski definition) is 3. The number of benzene rings is 1. The van der Waals surface area contributed by atoms with Crippen LogP contribution in [0.25, 0.3) is 0 Å². The maximum Gasteiger partial charge on any atom is 0.105 e. The van der Waals surface area contributed by atoms with Crippen molar-refractivity contribution in [2.75, 3.05) is 13.7 Å².